The summed E-state index contributed by atoms with van der Waals surface area (Å²) in [5.41, 5.74) is 1.70. The zero-order chi connectivity index (χ0) is 18.4. The zero-order valence-corrected chi connectivity index (χ0v) is 13.6. The normalized spacial score (nSPS) is 13.4. The number of hydrogen-bond donors (Lipinski definition) is 4. The minimum absolute atomic E-state index is 0.0147. The quantitative estimate of drug-likeness (QED) is 0.384. The van der Waals surface area contributed by atoms with Gasteiger partial charge in [-0.25, -0.2) is 0 Å². The molecule has 9 nitrogen and oxygen atoms in total. The number of nitrogens with one attached hydrogen (secondary N) is 3. The van der Waals surface area contributed by atoms with Gasteiger partial charge in [0, 0.05) is 17.9 Å². The molecule has 0 saturated heterocycles. The van der Waals surface area contributed by atoms with Gasteiger partial charge >= 0.3 is 5.97 Å². The molecule has 1 aromatic rings. The molecule has 2 rings (SSSR count). The van der Waals surface area contributed by atoms with Crippen molar-refractivity contribution in [1.82, 2.24) is 5.32 Å². The summed E-state index contributed by atoms with van der Waals surface area (Å²) >= 11 is 0. The molecular weight excluding hydrogens is 330 g/mol. The first-order valence-corrected chi connectivity index (χ1v) is 7.75. The van der Waals surface area contributed by atoms with Crippen molar-refractivity contribution < 1.29 is 29.0 Å². The van der Waals surface area contributed by atoms with Gasteiger partial charge in [0.05, 0.1) is 19.6 Å². The predicted molar refractivity (Wildman–Crippen MR) is 87.6 cm³/mol. The monoisotopic (exact) mass is 349 g/mol. The van der Waals surface area contributed by atoms with E-state index in [2.05, 4.69) is 16.0 Å². The minimum atomic E-state index is -1.70. The third kappa shape index (κ3) is 4.54. The fourth-order valence-electron chi connectivity index (χ4n) is 2.35. The highest BCUT2D eigenvalue weighted by molar-refractivity contribution is 6.19. The highest BCUT2D eigenvalue weighted by atomic mass is 16.5. The van der Waals surface area contributed by atoms with Crippen LogP contribution in [0, 0.1) is 5.92 Å². The average molecular weight is 349 g/mol. The van der Waals surface area contributed by atoms with Crippen molar-refractivity contribution in [2.75, 3.05) is 30.4 Å². The van der Waals surface area contributed by atoms with Crippen molar-refractivity contribution in [3.63, 3.8) is 0 Å². The van der Waals surface area contributed by atoms with E-state index in [1.54, 1.807) is 25.1 Å². The maximum atomic E-state index is 12.4. The van der Waals surface area contributed by atoms with Gasteiger partial charge in [0.2, 0.25) is 23.6 Å². The minimum Gasteiger partial charge on any atom is -0.465 e. The lowest BCUT2D eigenvalue weighted by atomic mass is 10.1. The van der Waals surface area contributed by atoms with Crippen LogP contribution in [0.3, 0.4) is 0 Å². The number of aliphatic hydroxyl groups excluding tert-OH is 1. The molecule has 0 radical (unpaired) electrons. The number of anilines is 2. The van der Waals surface area contributed by atoms with Crippen molar-refractivity contribution >= 4 is 35.1 Å². The van der Waals surface area contributed by atoms with Gasteiger partial charge in [-0.05, 0) is 24.6 Å². The van der Waals surface area contributed by atoms with E-state index in [0.29, 0.717) is 11.4 Å². The van der Waals surface area contributed by atoms with Crippen LogP contribution in [0.15, 0.2) is 18.2 Å². The second-order valence-electron chi connectivity index (χ2n) is 5.29. The molecule has 25 heavy (non-hydrogen) atoms. The molecule has 0 aliphatic carbocycles. The smallest absolute Gasteiger partial charge is 0.328 e. The summed E-state index contributed by atoms with van der Waals surface area (Å²) in [6.07, 6.45) is 0.262. The third-order valence-electron chi connectivity index (χ3n) is 3.46. The first-order valence-electron chi connectivity index (χ1n) is 7.75. The molecule has 0 saturated carbocycles. The summed E-state index contributed by atoms with van der Waals surface area (Å²) in [5.74, 6) is -4.55. The van der Waals surface area contributed by atoms with Crippen molar-refractivity contribution in [2.24, 2.45) is 5.92 Å². The second-order valence-corrected chi connectivity index (χ2v) is 5.29. The van der Waals surface area contributed by atoms with Gasteiger partial charge in [-0.3, -0.25) is 19.2 Å². The molecule has 1 aliphatic rings. The molecule has 1 heterocycles. The first-order chi connectivity index (χ1) is 12.0. The number of hydrogen-bond acceptors (Lipinski definition) is 6. The molecule has 9 heteroatoms. The van der Waals surface area contributed by atoms with Gasteiger partial charge in [0.1, 0.15) is 0 Å². The maximum Gasteiger partial charge on any atom is 0.328 e. The van der Waals surface area contributed by atoms with Gasteiger partial charge in [-0.2, -0.15) is 0 Å². The van der Waals surface area contributed by atoms with Crippen LogP contribution in [0.4, 0.5) is 11.4 Å². The molecular formula is C16H19N3O6. The molecule has 1 atom stereocenters. The van der Waals surface area contributed by atoms with Crippen LogP contribution < -0.4 is 16.0 Å². The Balaban J connectivity index is 2.13. The van der Waals surface area contributed by atoms with E-state index in [1.807, 2.05) is 0 Å². The molecule has 0 fully saturated rings. The Morgan fingerprint density at radius 3 is 2.76 bits per heavy atom. The number of amides is 3. The molecule has 134 valence electrons. The van der Waals surface area contributed by atoms with Crippen LogP contribution in [0.5, 0.6) is 0 Å². The Bertz CT molecular complexity index is 703. The molecule has 0 spiro atoms. The van der Waals surface area contributed by atoms with E-state index < -0.39 is 23.7 Å². The number of benzene rings is 1. The van der Waals surface area contributed by atoms with Crippen LogP contribution in [0.25, 0.3) is 0 Å². The SMILES string of the molecule is CCOC(=O)C(C(=O)NCCO)C(=O)Nc1ccc2c(c1)NC(=O)C2. The first kappa shape index (κ1) is 18.4. The number of carbonyl (C=O) groups is 4. The van der Waals surface area contributed by atoms with Gasteiger partial charge in [-0.15, -0.1) is 0 Å². The standard InChI is InChI=1S/C16H19N3O6/c1-2-25-16(24)13(14(22)17-5-6-20)15(23)18-10-4-3-9-7-12(21)19-11(9)8-10/h3-4,8,13,20H,2,5-7H2,1H3,(H,17,22)(H,18,23)(H,19,21). The summed E-state index contributed by atoms with van der Waals surface area (Å²) in [6.45, 7) is 1.16. The van der Waals surface area contributed by atoms with Gasteiger partial charge in [0.15, 0.2) is 0 Å². The summed E-state index contributed by atoms with van der Waals surface area (Å²) in [4.78, 5) is 47.7. The zero-order valence-electron chi connectivity index (χ0n) is 13.6. The lowest BCUT2D eigenvalue weighted by molar-refractivity contribution is -0.154. The highest BCUT2D eigenvalue weighted by Gasteiger charge is 2.35. The lowest BCUT2D eigenvalue weighted by Gasteiger charge is -2.15. The van der Waals surface area contributed by atoms with Crippen LogP contribution in [0.1, 0.15) is 12.5 Å². The van der Waals surface area contributed by atoms with Gasteiger partial charge in [-0.1, -0.05) is 6.07 Å². The summed E-state index contributed by atoms with van der Waals surface area (Å²) in [5, 5.41) is 16.1. The number of carbonyl (C=O) groups excluding carboxylic acids is 4. The van der Waals surface area contributed by atoms with E-state index in [4.69, 9.17) is 9.84 Å². The van der Waals surface area contributed by atoms with Crippen LogP contribution in [-0.4, -0.2) is 48.6 Å². The van der Waals surface area contributed by atoms with E-state index in [1.165, 1.54) is 0 Å². The van der Waals surface area contributed by atoms with Crippen LogP contribution in [-0.2, 0) is 30.3 Å². The molecule has 3 amide bonds. The highest BCUT2D eigenvalue weighted by Crippen LogP contribution is 2.26. The number of fused-ring (bicyclic) bond motifs is 1. The van der Waals surface area contributed by atoms with Gasteiger partial charge in [0.25, 0.3) is 0 Å². The van der Waals surface area contributed by atoms with E-state index in [9.17, 15) is 19.2 Å². The van der Waals surface area contributed by atoms with E-state index >= 15 is 0 Å². The summed E-state index contributed by atoms with van der Waals surface area (Å²) in [6, 6.07) is 4.80. The van der Waals surface area contributed by atoms with Crippen molar-refractivity contribution in [3.05, 3.63) is 23.8 Å². The third-order valence-corrected chi connectivity index (χ3v) is 3.46. The number of ether oxygens (including phenoxy) is 1. The van der Waals surface area contributed by atoms with Crippen molar-refractivity contribution in [1.29, 1.82) is 0 Å². The van der Waals surface area contributed by atoms with Gasteiger partial charge < -0.3 is 25.8 Å². The van der Waals surface area contributed by atoms with Crippen molar-refractivity contribution in [3.8, 4) is 0 Å². The Hall–Kier alpha value is -2.94. The molecule has 1 aliphatic heterocycles. The number of esters is 1. The Morgan fingerprint density at radius 2 is 2.08 bits per heavy atom. The largest absolute Gasteiger partial charge is 0.465 e. The average Bonchev–Trinajstić information content (AvgIpc) is 2.92. The fraction of sp³-hybridized carbons (Fsp3) is 0.375. The topological polar surface area (TPSA) is 134 Å². The van der Waals surface area contributed by atoms with Crippen LogP contribution in [0.2, 0.25) is 0 Å². The Kier molecular flexibility index (Phi) is 6.07. The molecule has 4 N–H and O–H groups in total. The summed E-state index contributed by atoms with van der Waals surface area (Å²) in [7, 11) is 0. The predicted octanol–water partition coefficient (Wildman–Crippen LogP) is -0.592. The summed E-state index contributed by atoms with van der Waals surface area (Å²) < 4.78 is 4.77. The Labute approximate surface area is 143 Å². The van der Waals surface area contributed by atoms with E-state index in [-0.39, 0.29) is 32.1 Å². The number of rotatable bonds is 7. The fourth-order valence-corrected chi connectivity index (χ4v) is 2.35. The van der Waals surface area contributed by atoms with Crippen molar-refractivity contribution in [2.45, 2.75) is 13.3 Å². The lowest BCUT2D eigenvalue weighted by Crippen LogP contribution is -2.44. The van der Waals surface area contributed by atoms with E-state index in [0.717, 1.165) is 5.56 Å². The molecule has 0 aromatic heterocycles. The maximum absolute atomic E-state index is 12.4. The Morgan fingerprint density at radius 1 is 1.32 bits per heavy atom. The second kappa shape index (κ2) is 8.25. The molecule has 0 bridgehead atoms. The molecule has 1 aromatic carbocycles. The molecule has 1 unspecified atom stereocenters. The van der Waals surface area contributed by atoms with Crippen LogP contribution >= 0.6 is 0 Å². The number of aliphatic hydroxyl groups is 1.